The number of nitriles is 1. The van der Waals surface area contributed by atoms with Crippen molar-refractivity contribution in [2.45, 2.75) is 56.6 Å². The van der Waals surface area contributed by atoms with Gasteiger partial charge in [0.05, 0.1) is 11.6 Å². The van der Waals surface area contributed by atoms with Gasteiger partial charge in [0.1, 0.15) is 11.4 Å². The summed E-state index contributed by atoms with van der Waals surface area (Å²) in [5.74, 6) is 1.01. The number of rotatable bonds is 0. The fourth-order valence-corrected chi connectivity index (χ4v) is 4.37. The summed E-state index contributed by atoms with van der Waals surface area (Å²) >= 11 is 0. The van der Waals surface area contributed by atoms with E-state index in [1.54, 1.807) is 0 Å². The molecule has 2 atom stereocenters. The third-order valence-electron chi connectivity index (χ3n) is 5.57. The van der Waals surface area contributed by atoms with Gasteiger partial charge in [-0.2, -0.15) is 5.26 Å². The van der Waals surface area contributed by atoms with Crippen molar-refractivity contribution in [2.24, 2.45) is 0 Å². The van der Waals surface area contributed by atoms with Gasteiger partial charge in [-0.3, -0.25) is 0 Å². The molecule has 0 radical (unpaired) electrons. The van der Waals surface area contributed by atoms with Crippen molar-refractivity contribution in [1.82, 2.24) is 4.90 Å². The van der Waals surface area contributed by atoms with Crippen LogP contribution in [0, 0.1) is 11.3 Å². The van der Waals surface area contributed by atoms with Crippen LogP contribution in [0.5, 0.6) is 5.75 Å². The van der Waals surface area contributed by atoms with Crippen molar-refractivity contribution in [3.63, 3.8) is 0 Å². The maximum absolute atomic E-state index is 9.06. The Morgan fingerprint density at radius 3 is 3.05 bits per heavy atom. The maximum atomic E-state index is 9.06. The smallest absolute Gasteiger partial charge is 0.123 e. The Balaban J connectivity index is 1.55. The number of ether oxygens (including phenoxy) is 1. The molecule has 3 aliphatic heterocycles. The minimum atomic E-state index is -0.00620. The second-order valence-corrected chi connectivity index (χ2v) is 6.87. The number of benzene rings is 1. The van der Waals surface area contributed by atoms with Crippen LogP contribution in [0.3, 0.4) is 0 Å². The quantitative estimate of drug-likeness (QED) is 0.732. The van der Waals surface area contributed by atoms with E-state index in [-0.39, 0.29) is 5.60 Å². The highest BCUT2D eigenvalue weighted by Crippen LogP contribution is 2.43. The molecule has 0 aromatic heterocycles. The van der Waals surface area contributed by atoms with Crippen molar-refractivity contribution >= 4 is 0 Å². The highest BCUT2D eigenvalue weighted by molar-refractivity contribution is 5.45. The molecule has 0 amide bonds. The summed E-state index contributed by atoms with van der Waals surface area (Å²) in [6.45, 7) is 2.44. The third kappa shape index (κ3) is 2.32. The molecule has 0 N–H and O–H groups in total. The van der Waals surface area contributed by atoms with Gasteiger partial charge in [0, 0.05) is 25.4 Å². The molecule has 21 heavy (non-hydrogen) atoms. The zero-order chi connectivity index (χ0) is 14.3. The molecule has 0 saturated carbocycles. The molecule has 1 aromatic carbocycles. The lowest BCUT2D eigenvalue weighted by atomic mass is 9.88. The van der Waals surface area contributed by atoms with Gasteiger partial charge >= 0.3 is 0 Å². The van der Waals surface area contributed by atoms with Crippen molar-refractivity contribution in [1.29, 1.82) is 5.26 Å². The fraction of sp³-hybridized carbons (Fsp3) is 0.611. The van der Waals surface area contributed by atoms with E-state index in [1.807, 2.05) is 18.2 Å². The Hall–Kier alpha value is -1.53. The van der Waals surface area contributed by atoms with Gasteiger partial charge in [0.15, 0.2) is 0 Å². The van der Waals surface area contributed by atoms with Crippen LogP contribution in [0.15, 0.2) is 18.2 Å². The molecule has 1 aromatic rings. The van der Waals surface area contributed by atoms with Crippen LogP contribution in [0.25, 0.3) is 0 Å². The molecular weight excluding hydrogens is 260 g/mol. The monoisotopic (exact) mass is 282 g/mol. The maximum Gasteiger partial charge on any atom is 0.123 e. The lowest BCUT2D eigenvalue weighted by molar-refractivity contribution is 0.0768. The molecule has 0 aliphatic carbocycles. The van der Waals surface area contributed by atoms with Crippen molar-refractivity contribution in [3.05, 3.63) is 29.3 Å². The Morgan fingerprint density at radius 1 is 1.19 bits per heavy atom. The average Bonchev–Trinajstić information content (AvgIpc) is 2.79. The first kappa shape index (κ1) is 13.2. The Labute approximate surface area is 126 Å². The second kappa shape index (κ2) is 5.03. The van der Waals surface area contributed by atoms with E-state index in [0.717, 1.165) is 36.6 Å². The van der Waals surface area contributed by atoms with Crippen LogP contribution in [0.2, 0.25) is 0 Å². The molecule has 3 heterocycles. The van der Waals surface area contributed by atoms with Gasteiger partial charge in [0.2, 0.25) is 0 Å². The van der Waals surface area contributed by atoms with Gasteiger partial charge in [-0.25, -0.2) is 0 Å². The summed E-state index contributed by atoms with van der Waals surface area (Å²) in [4.78, 5) is 2.69. The summed E-state index contributed by atoms with van der Waals surface area (Å²) in [7, 11) is 0. The minimum Gasteiger partial charge on any atom is -0.487 e. The molecule has 110 valence electrons. The predicted molar refractivity (Wildman–Crippen MR) is 81.3 cm³/mol. The molecule has 3 aliphatic rings. The van der Waals surface area contributed by atoms with E-state index < -0.39 is 0 Å². The van der Waals surface area contributed by atoms with Crippen LogP contribution in [-0.4, -0.2) is 29.6 Å². The molecular formula is C18H22N2O. The first-order valence-electron chi connectivity index (χ1n) is 8.24. The van der Waals surface area contributed by atoms with Gasteiger partial charge in [-0.15, -0.1) is 0 Å². The number of nitrogens with zero attached hydrogens (tertiary/aromatic N) is 2. The first-order chi connectivity index (χ1) is 10.3. The normalized spacial score (nSPS) is 31.9. The third-order valence-corrected chi connectivity index (χ3v) is 5.57. The Bertz CT molecular complexity index is 573. The molecule has 3 heteroatoms. The number of piperidine rings is 1. The molecule has 4 rings (SSSR count). The number of hydrogen-bond donors (Lipinski definition) is 0. The molecule has 1 spiro atoms. The summed E-state index contributed by atoms with van der Waals surface area (Å²) in [5, 5.41) is 9.06. The van der Waals surface area contributed by atoms with Crippen LogP contribution < -0.4 is 4.74 Å². The molecule has 2 saturated heterocycles. The van der Waals surface area contributed by atoms with E-state index >= 15 is 0 Å². The van der Waals surface area contributed by atoms with Crippen molar-refractivity contribution in [3.8, 4) is 11.8 Å². The van der Waals surface area contributed by atoms with Gasteiger partial charge in [-0.05, 0) is 56.0 Å². The molecule has 3 nitrogen and oxygen atoms in total. The van der Waals surface area contributed by atoms with Crippen molar-refractivity contribution < 1.29 is 4.74 Å². The van der Waals surface area contributed by atoms with Crippen molar-refractivity contribution in [2.75, 3.05) is 13.1 Å². The largest absolute Gasteiger partial charge is 0.487 e. The van der Waals surface area contributed by atoms with Gasteiger partial charge < -0.3 is 9.64 Å². The summed E-state index contributed by atoms with van der Waals surface area (Å²) in [6.07, 6.45) is 8.64. The Morgan fingerprint density at radius 2 is 2.14 bits per heavy atom. The lowest BCUT2D eigenvalue weighted by Crippen LogP contribution is -2.39. The van der Waals surface area contributed by atoms with E-state index in [2.05, 4.69) is 11.0 Å². The Kier molecular flexibility index (Phi) is 3.15. The number of fused-ring (bicyclic) bond motifs is 2. The van der Waals surface area contributed by atoms with Gasteiger partial charge in [-0.1, -0.05) is 6.42 Å². The predicted octanol–water partition coefficient (Wildman–Crippen LogP) is 3.27. The lowest BCUT2D eigenvalue weighted by Gasteiger charge is -2.33. The first-order valence-corrected chi connectivity index (χ1v) is 8.24. The number of hydrogen-bond acceptors (Lipinski definition) is 3. The average molecular weight is 282 g/mol. The van der Waals surface area contributed by atoms with Crippen LogP contribution >= 0.6 is 0 Å². The highest BCUT2D eigenvalue weighted by Gasteiger charge is 2.42. The van der Waals surface area contributed by atoms with Gasteiger partial charge in [0.25, 0.3) is 0 Å². The topological polar surface area (TPSA) is 36.3 Å². The van der Waals surface area contributed by atoms with E-state index in [0.29, 0.717) is 0 Å². The zero-order valence-corrected chi connectivity index (χ0v) is 12.5. The van der Waals surface area contributed by atoms with Crippen LogP contribution in [0.1, 0.15) is 49.7 Å². The van der Waals surface area contributed by atoms with Crippen LogP contribution in [-0.2, 0) is 6.42 Å². The summed E-state index contributed by atoms with van der Waals surface area (Å²) < 4.78 is 6.38. The molecule has 2 fully saturated rings. The fourth-order valence-electron chi connectivity index (χ4n) is 4.37. The standard InChI is InChI=1S/C18H22N2O/c19-13-14-4-5-17-15(11-14)12-18(21-17)7-6-16-3-1-2-9-20(16)10-8-18/h4-5,11,16H,1-3,6-10,12H2. The summed E-state index contributed by atoms with van der Waals surface area (Å²) in [5.41, 5.74) is 1.97. The van der Waals surface area contributed by atoms with E-state index in [1.165, 1.54) is 44.3 Å². The molecule has 0 bridgehead atoms. The van der Waals surface area contributed by atoms with Crippen LogP contribution in [0.4, 0.5) is 0 Å². The second-order valence-electron chi connectivity index (χ2n) is 6.87. The zero-order valence-electron chi connectivity index (χ0n) is 12.5. The SMILES string of the molecule is N#Cc1ccc2c(c1)CC1(CCC3CCCCN3CC1)O2. The van der Waals surface area contributed by atoms with E-state index in [4.69, 9.17) is 10.00 Å². The summed E-state index contributed by atoms with van der Waals surface area (Å²) in [6, 6.07) is 8.89. The minimum absolute atomic E-state index is 0.00620. The molecule has 2 unspecified atom stereocenters. The highest BCUT2D eigenvalue weighted by atomic mass is 16.5. The van der Waals surface area contributed by atoms with E-state index in [9.17, 15) is 0 Å².